The van der Waals surface area contributed by atoms with E-state index in [1.54, 1.807) is 30.4 Å². The van der Waals surface area contributed by atoms with E-state index in [2.05, 4.69) is 31.0 Å². The lowest BCUT2D eigenvalue weighted by Crippen LogP contribution is -2.32. The zero-order valence-electron chi connectivity index (χ0n) is 21.9. The molecule has 0 bridgehead atoms. The largest absolute Gasteiger partial charge is 0.394 e. The minimum atomic E-state index is -3.29. The summed E-state index contributed by atoms with van der Waals surface area (Å²) in [6.07, 6.45) is 5.30. The Hall–Kier alpha value is -1.74. The number of rotatable bonds is 9. The van der Waals surface area contributed by atoms with Gasteiger partial charge in [-0.25, -0.2) is 8.42 Å². The number of thiophene rings is 1. The third-order valence-corrected chi connectivity index (χ3v) is 10.9. The molecule has 1 aliphatic heterocycles. The highest BCUT2D eigenvalue weighted by Crippen LogP contribution is 2.45. The Kier molecular flexibility index (Phi) is 8.60. The van der Waals surface area contributed by atoms with Crippen molar-refractivity contribution < 1.29 is 18.3 Å². The smallest absolute Gasteiger partial charge is 0.261 e. The molecule has 6 nitrogen and oxygen atoms in total. The summed E-state index contributed by atoms with van der Waals surface area (Å²) in [6.45, 7) is 10.3. The molecule has 0 radical (unpaired) electrons. The van der Waals surface area contributed by atoms with E-state index < -0.39 is 15.9 Å². The number of nitrogens with zero attached hydrogens (tertiary/aromatic N) is 1. The molecule has 8 heteroatoms. The van der Waals surface area contributed by atoms with Crippen molar-refractivity contribution in [2.75, 3.05) is 18.9 Å². The third kappa shape index (κ3) is 5.87. The second-order valence-electron chi connectivity index (χ2n) is 10.9. The highest BCUT2D eigenvalue weighted by atomic mass is 32.2. The lowest BCUT2D eigenvalue weighted by molar-refractivity contribution is 0.0919. The number of carbonyl (C=O) groups is 1. The lowest BCUT2D eigenvalue weighted by atomic mass is 9.82. The monoisotopic (exact) mass is 532 g/mol. The average molecular weight is 533 g/mol. The number of aliphatic hydroxyl groups excluding tert-OH is 1. The van der Waals surface area contributed by atoms with Gasteiger partial charge in [0.05, 0.1) is 28.2 Å². The van der Waals surface area contributed by atoms with Gasteiger partial charge >= 0.3 is 0 Å². The Bertz CT molecular complexity index is 1150. The van der Waals surface area contributed by atoms with Crippen molar-refractivity contribution in [2.45, 2.75) is 76.9 Å². The van der Waals surface area contributed by atoms with Gasteiger partial charge in [0.15, 0.2) is 9.84 Å². The van der Waals surface area contributed by atoms with Crippen molar-refractivity contribution in [2.24, 2.45) is 17.8 Å². The Morgan fingerprint density at radius 2 is 1.83 bits per heavy atom. The number of aliphatic hydroxyl groups is 1. The predicted molar refractivity (Wildman–Crippen MR) is 145 cm³/mol. The fourth-order valence-corrected chi connectivity index (χ4v) is 7.97. The third-order valence-electron chi connectivity index (χ3n) is 7.87. The summed E-state index contributed by atoms with van der Waals surface area (Å²) >= 11 is 1.57. The molecular weight excluding hydrogens is 492 g/mol. The number of hydrogen-bond acceptors (Lipinski definition) is 6. The number of fused-ring (bicyclic) bond motifs is 1. The molecule has 1 aromatic heterocycles. The van der Waals surface area contributed by atoms with E-state index in [9.17, 15) is 18.3 Å². The van der Waals surface area contributed by atoms with Gasteiger partial charge in [0.2, 0.25) is 0 Å². The molecule has 1 amide bonds. The summed E-state index contributed by atoms with van der Waals surface area (Å²) < 4.78 is 24.2. The quantitative estimate of drug-likeness (QED) is 0.455. The van der Waals surface area contributed by atoms with Gasteiger partial charge in [-0.2, -0.15) is 0 Å². The Balaban J connectivity index is 1.44. The van der Waals surface area contributed by atoms with Crippen LogP contribution in [0.5, 0.6) is 0 Å². The molecule has 1 aromatic carbocycles. The average Bonchev–Trinajstić information content (AvgIpc) is 3.41. The normalized spacial score (nSPS) is 23.6. The van der Waals surface area contributed by atoms with Crippen LogP contribution in [0, 0.1) is 17.8 Å². The van der Waals surface area contributed by atoms with Crippen molar-refractivity contribution in [3.63, 3.8) is 0 Å². The summed E-state index contributed by atoms with van der Waals surface area (Å²) in [4.78, 5) is 18.0. The molecule has 2 aromatic rings. The van der Waals surface area contributed by atoms with Crippen LogP contribution in [-0.4, -0.2) is 43.2 Å². The summed E-state index contributed by atoms with van der Waals surface area (Å²) in [5.41, 5.74) is 1.93. The van der Waals surface area contributed by atoms with Crippen LogP contribution in [0.1, 0.15) is 91.1 Å². The van der Waals surface area contributed by atoms with Gasteiger partial charge in [-0.15, -0.1) is 11.3 Å². The number of hydrogen-bond donors (Lipinski definition) is 2. The van der Waals surface area contributed by atoms with Crippen molar-refractivity contribution >= 4 is 27.1 Å². The highest BCUT2D eigenvalue weighted by Gasteiger charge is 2.37. The zero-order chi connectivity index (χ0) is 26.0. The van der Waals surface area contributed by atoms with Gasteiger partial charge in [-0.3, -0.25) is 9.69 Å². The number of amides is 1. The fraction of sp³-hybridized carbons (Fsp3) is 0.607. The summed E-state index contributed by atoms with van der Waals surface area (Å²) in [7, 11) is -3.29. The van der Waals surface area contributed by atoms with Crippen LogP contribution < -0.4 is 5.32 Å². The SMILES string of the molecule is CCS(=O)(=O)c1ccc(C(CO)NC(=O)c2cc3c(s2)C(C(C)C)N(CC2CCC(C)CC2)C3)cc1. The van der Waals surface area contributed by atoms with E-state index in [-0.39, 0.29) is 23.2 Å². The molecule has 2 N–H and O–H groups in total. The Morgan fingerprint density at radius 1 is 1.17 bits per heavy atom. The molecule has 1 fully saturated rings. The minimum Gasteiger partial charge on any atom is -0.394 e. The van der Waals surface area contributed by atoms with E-state index in [0.717, 1.165) is 24.9 Å². The first-order chi connectivity index (χ1) is 17.1. The summed E-state index contributed by atoms with van der Waals surface area (Å²) in [5, 5.41) is 12.9. The minimum absolute atomic E-state index is 0.0320. The molecule has 2 heterocycles. The molecular formula is C28H40N2O4S2. The molecule has 0 spiro atoms. The summed E-state index contributed by atoms with van der Waals surface area (Å²) in [5.74, 6) is 1.92. The van der Waals surface area contributed by atoms with Gasteiger partial charge in [-0.05, 0) is 59.9 Å². The van der Waals surface area contributed by atoms with Gasteiger partial charge in [0.1, 0.15) is 0 Å². The molecule has 2 unspecified atom stereocenters. The number of nitrogens with one attached hydrogen (secondary N) is 1. The predicted octanol–water partition coefficient (Wildman–Crippen LogP) is 5.34. The molecule has 1 saturated carbocycles. The molecule has 0 saturated heterocycles. The first-order valence-corrected chi connectivity index (χ1v) is 15.7. The van der Waals surface area contributed by atoms with Crippen LogP contribution in [0.4, 0.5) is 0 Å². The van der Waals surface area contributed by atoms with E-state index in [4.69, 9.17) is 0 Å². The summed E-state index contributed by atoms with van der Waals surface area (Å²) in [6, 6.07) is 8.17. The van der Waals surface area contributed by atoms with E-state index in [1.165, 1.54) is 48.3 Å². The molecule has 2 atom stereocenters. The zero-order valence-corrected chi connectivity index (χ0v) is 23.5. The number of carbonyl (C=O) groups excluding carboxylic acids is 1. The van der Waals surface area contributed by atoms with Crippen LogP contribution >= 0.6 is 11.3 Å². The first kappa shape index (κ1) is 27.3. The van der Waals surface area contributed by atoms with E-state index >= 15 is 0 Å². The maximum absolute atomic E-state index is 13.1. The maximum Gasteiger partial charge on any atom is 0.261 e. The van der Waals surface area contributed by atoms with Crippen LogP contribution in [0.2, 0.25) is 0 Å². The van der Waals surface area contributed by atoms with Gasteiger partial charge < -0.3 is 10.4 Å². The number of sulfone groups is 1. The van der Waals surface area contributed by atoms with Crippen LogP contribution in [0.3, 0.4) is 0 Å². The lowest BCUT2D eigenvalue weighted by Gasteiger charge is -2.34. The van der Waals surface area contributed by atoms with Gasteiger partial charge in [0, 0.05) is 24.0 Å². The first-order valence-electron chi connectivity index (χ1n) is 13.2. The standard InChI is InChI=1S/C28H40N2O4S2/c1-5-36(33,34)23-12-10-21(11-13-23)24(17-31)29-28(32)25-14-22-16-30(26(18(2)3)27(22)35-25)15-20-8-6-19(4)7-9-20/h10-14,18-20,24,26,31H,5-9,15-17H2,1-4H3,(H,29,32). The topological polar surface area (TPSA) is 86.7 Å². The van der Waals surface area contributed by atoms with E-state index in [1.807, 2.05) is 6.07 Å². The van der Waals surface area contributed by atoms with Crippen molar-refractivity contribution in [1.82, 2.24) is 10.2 Å². The van der Waals surface area contributed by atoms with Crippen molar-refractivity contribution in [1.29, 1.82) is 0 Å². The molecule has 2 aliphatic rings. The number of benzene rings is 1. The van der Waals surface area contributed by atoms with Crippen LogP contribution in [-0.2, 0) is 16.4 Å². The Labute approximate surface area is 220 Å². The highest BCUT2D eigenvalue weighted by molar-refractivity contribution is 7.91. The van der Waals surface area contributed by atoms with Gasteiger partial charge in [-0.1, -0.05) is 52.7 Å². The van der Waals surface area contributed by atoms with Crippen LogP contribution in [0.15, 0.2) is 35.2 Å². The van der Waals surface area contributed by atoms with Crippen molar-refractivity contribution in [3.05, 3.63) is 51.2 Å². The Morgan fingerprint density at radius 3 is 2.42 bits per heavy atom. The molecule has 36 heavy (non-hydrogen) atoms. The molecule has 1 aliphatic carbocycles. The molecule has 4 rings (SSSR count). The van der Waals surface area contributed by atoms with E-state index in [0.29, 0.717) is 22.4 Å². The fourth-order valence-electron chi connectivity index (χ4n) is 5.70. The maximum atomic E-state index is 13.1. The van der Waals surface area contributed by atoms with Crippen LogP contribution in [0.25, 0.3) is 0 Å². The second kappa shape index (κ2) is 11.3. The molecule has 198 valence electrons. The van der Waals surface area contributed by atoms with Gasteiger partial charge in [0.25, 0.3) is 5.91 Å². The van der Waals surface area contributed by atoms with Crippen molar-refractivity contribution in [3.8, 4) is 0 Å². The second-order valence-corrected chi connectivity index (χ2v) is 14.3.